The topological polar surface area (TPSA) is 92.7 Å². The number of carbonyl (C=O) groups excluding carboxylic acids is 1. The van der Waals surface area contributed by atoms with Crippen molar-refractivity contribution >= 4 is 34.4 Å². The quantitative estimate of drug-likeness (QED) is 0.309. The highest BCUT2D eigenvalue weighted by Crippen LogP contribution is 2.25. The van der Waals surface area contributed by atoms with Gasteiger partial charge in [0.15, 0.2) is 11.0 Å². The number of aryl methyl sites for hydroxylation is 1. The van der Waals surface area contributed by atoms with Crippen molar-refractivity contribution < 1.29 is 4.79 Å². The number of anilines is 1. The summed E-state index contributed by atoms with van der Waals surface area (Å²) in [6.45, 7) is 3.93. The first-order valence-electron chi connectivity index (χ1n) is 10.5. The van der Waals surface area contributed by atoms with E-state index < -0.39 is 0 Å². The molecule has 2 heterocycles. The van der Waals surface area contributed by atoms with E-state index in [9.17, 15) is 9.59 Å². The number of carbonyl (C=O) groups is 1. The van der Waals surface area contributed by atoms with Crippen molar-refractivity contribution in [1.82, 2.24) is 19.7 Å². The van der Waals surface area contributed by atoms with Gasteiger partial charge in [0.25, 0.3) is 5.56 Å². The van der Waals surface area contributed by atoms with Crippen molar-refractivity contribution in [3.05, 3.63) is 82.3 Å². The average Bonchev–Trinajstić information content (AvgIpc) is 3.21. The predicted molar refractivity (Wildman–Crippen MR) is 128 cm³/mol. The van der Waals surface area contributed by atoms with E-state index in [4.69, 9.17) is 4.98 Å². The number of aromatic amines is 1. The zero-order valence-electron chi connectivity index (χ0n) is 18.0. The molecule has 0 aliphatic carbocycles. The van der Waals surface area contributed by atoms with Gasteiger partial charge in [-0.1, -0.05) is 61.2 Å². The van der Waals surface area contributed by atoms with Crippen LogP contribution in [0.15, 0.2) is 70.6 Å². The van der Waals surface area contributed by atoms with E-state index in [2.05, 4.69) is 34.6 Å². The van der Waals surface area contributed by atoms with Crippen molar-refractivity contribution in [2.45, 2.75) is 37.9 Å². The second-order valence-electron chi connectivity index (χ2n) is 7.61. The van der Waals surface area contributed by atoms with Crippen LogP contribution in [-0.4, -0.2) is 31.4 Å². The van der Waals surface area contributed by atoms with E-state index in [0.29, 0.717) is 28.3 Å². The van der Waals surface area contributed by atoms with E-state index in [1.165, 1.54) is 11.8 Å². The summed E-state index contributed by atoms with van der Waals surface area (Å²) in [6, 6.07) is 19.1. The number of H-pyrrole nitrogens is 1. The number of nitrogens with one attached hydrogen (secondary N) is 2. The Morgan fingerprint density at radius 2 is 1.91 bits per heavy atom. The van der Waals surface area contributed by atoms with E-state index >= 15 is 0 Å². The van der Waals surface area contributed by atoms with Crippen molar-refractivity contribution in [3.63, 3.8) is 0 Å². The molecule has 8 heteroatoms. The molecule has 2 aromatic carbocycles. The van der Waals surface area contributed by atoms with Gasteiger partial charge in [-0.05, 0) is 37.5 Å². The second kappa shape index (κ2) is 9.82. The van der Waals surface area contributed by atoms with Crippen LogP contribution in [0, 0.1) is 6.92 Å². The fourth-order valence-electron chi connectivity index (χ4n) is 3.64. The molecule has 0 spiro atoms. The minimum Gasteiger partial charge on any atom is -0.308 e. The molecule has 1 atom stereocenters. The molecular formula is C24H25N5O2S. The maximum Gasteiger partial charge on any atom is 0.262 e. The summed E-state index contributed by atoms with van der Waals surface area (Å²) < 4.78 is 1.76. The van der Waals surface area contributed by atoms with Crippen LogP contribution in [-0.2, 0) is 11.2 Å². The molecule has 0 saturated heterocycles. The molecule has 0 aliphatic rings. The lowest BCUT2D eigenvalue weighted by Gasteiger charge is -2.22. The lowest BCUT2D eigenvalue weighted by molar-refractivity contribution is -0.113. The summed E-state index contributed by atoms with van der Waals surface area (Å²) in [5.41, 5.74) is 2.57. The average molecular weight is 448 g/mol. The molecule has 7 nitrogen and oxygen atoms in total. The van der Waals surface area contributed by atoms with Crippen LogP contribution in [0.2, 0.25) is 0 Å². The van der Waals surface area contributed by atoms with E-state index in [1.54, 1.807) is 16.7 Å². The monoisotopic (exact) mass is 447 g/mol. The maximum atomic E-state index is 13.5. The fourth-order valence-corrected chi connectivity index (χ4v) is 4.51. The highest BCUT2D eigenvalue weighted by Gasteiger charge is 2.20. The molecule has 0 fully saturated rings. The van der Waals surface area contributed by atoms with Crippen LogP contribution in [0.1, 0.15) is 30.6 Å². The van der Waals surface area contributed by atoms with Crippen molar-refractivity contribution in [2.75, 3.05) is 11.1 Å². The molecule has 164 valence electrons. The van der Waals surface area contributed by atoms with Crippen molar-refractivity contribution in [1.29, 1.82) is 0 Å². The lowest BCUT2D eigenvalue weighted by Crippen LogP contribution is -2.29. The molecule has 1 amide bonds. The third-order valence-corrected chi connectivity index (χ3v) is 6.18. The zero-order valence-corrected chi connectivity index (χ0v) is 18.9. The van der Waals surface area contributed by atoms with Gasteiger partial charge in [-0.2, -0.15) is 5.10 Å². The number of para-hydroxylation sites is 1. The fraction of sp³-hybridized carbons (Fsp3) is 0.250. The Hall–Kier alpha value is -3.39. The number of aromatic nitrogens is 4. The van der Waals surface area contributed by atoms with Gasteiger partial charge >= 0.3 is 0 Å². The van der Waals surface area contributed by atoms with Crippen LogP contribution in [0.25, 0.3) is 10.9 Å². The Morgan fingerprint density at radius 1 is 1.16 bits per heavy atom. The molecule has 0 bridgehead atoms. The molecule has 2 N–H and O–H groups in total. The lowest BCUT2D eigenvalue weighted by atomic mass is 10.0. The number of thioether (sulfide) groups is 1. The number of amides is 1. The minimum atomic E-state index is -0.202. The number of fused-ring (bicyclic) bond motifs is 1. The first-order chi connectivity index (χ1) is 15.5. The molecule has 0 radical (unpaired) electrons. The van der Waals surface area contributed by atoms with Crippen LogP contribution in [0.5, 0.6) is 0 Å². The van der Waals surface area contributed by atoms with E-state index in [1.807, 2.05) is 43.3 Å². The molecule has 0 aliphatic heterocycles. The molecule has 4 rings (SSSR count). The molecular weight excluding hydrogens is 422 g/mol. The van der Waals surface area contributed by atoms with Crippen LogP contribution < -0.4 is 10.9 Å². The Balaban J connectivity index is 1.65. The number of hydrogen-bond donors (Lipinski definition) is 2. The highest BCUT2D eigenvalue weighted by molar-refractivity contribution is 7.99. The van der Waals surface area contributed by atoms with Gasteiger partial charge in [-0.15, -0.1) is 0 Å². The van der Waals surface area contributed by atoms with Gasteiger partial charge in [-0.3, -0.25) is 19.3 Å². The number of hydrogen-bond acceptors (Lipinski definition) is 5. The summed E-state index contributed by atoms with van der Waals surface area (Å²) in [5.74, 6) is 0.400. The highest BCUT2D eigenvalue weighted by atomic mass is 32.2. The van der Waals surface area contributed by atoms with Gasteiger partial charge in [-0.25, -0.2) is 4.98 Å². The summed E-state index contributed by atoms with van der Waals surface area (Å²) >= 11 is 1.27. The van der Waals surface area contributed by atoms with Crippen molar-refractivity contribution in [2.24, 2.45) is 0 Å². The maximum absolute atomic E-state index is 13.5. The standard InChI is InChI=1S/C24H25N5O2S/c1-3-18(14-17-9-5-4-6-10-17)29-23(31)19-11-7-8-12-20(19)25-24(29)32-15-22(30)26-21-13-16(2)27-28-21/h4-13,18H,3,14-15H2,1-2H3,(H2,26,27,28,30)/t18-/m0/s1. The van der Waals surface area contributed by atoms with Crippen LogP contribution in [0.4, 0.5) is 5.82 Å². The number of benzene rings is 2. The normalized spacial score (nSPS) is 12.1. The van der Waals surface area contributed by atoms with Gasteiger partial charge in [0.2, 0.25) is 5.91 Å². The largest absolute Gasteiger partial charge is 0.308 e. The summed E-state index contributed by atoms with van der Waals surface area (Å²) in [4.78, 5) is 30.7. The molecule has 0 unspecified atom stereocenters. The zero-order chi connectivity index (χ0) is 22.5. The summed E-state index contributed by atoms with van der Waals surface area (Å²) in [7, 11) is 0. The smallest absolute Gasteiger partial charge is 0.262 e. The number of nitrogens with zero attached hydrogens (tertiary/aromatic N) is 3. The number of rotatable bonds is 8. The van der Waals surface area contributed by atoms with Crippen LogP contribution >= 0.6 is 11.8 Å². The third kappa shape index (κ3) is 4.91. The Labute approximate surface area is 190 Å². The first kappa shape index (κ1) is 21.8. The third-order valence-electron chi connectivity index (χ3n) is 5.23. The van der Waals surface area contributed by atoms with Gasteiger partial charge < -0.3 is 5.32 Å². The molecule has 32 heavy (non-hydrogen) atoms. The minimum absolute atomic E-state index is 0.0680. The Morgan fingerprint density at radius 3 is 2.62 bits per heavy atom. The van der Waals surface area contributed by atoms with Gasteiger partial charge in [0, 0.05) is 17.8 Å². The first-order valence-corrected chi connectivity index (χ1v) is 11.5. The predicted octanol–water partition coefficient (Wildman–Crippen LogP) is 4.35. The van der Waals surface area contributed by atoms with E-state index in [-0.39, 0.29) is 23.3 Å². The molecule has 4 aromatic rings. The Bertz CT molecular complexity index is 1280. The second-order valence-corrected chi connectivity index (χ2v) is 8.55. The summed E-state index contributed by atoms with van der Waals surface area (Å²) in [5, 5.41) is 10.7. The van der Waals surface area contributed by atoms with Gasteiger partial charge in [0.1, 0.15) is 0 Å². The van der Waals surface area contributed by atoms with Crippen molar-refractivity contribution in [3.8, 4) is 0 Å². The molecule has 0 saturated carbocycles. The summed E-state index contributed by atoms with van der Waals surface area (Å²) in [6.07, 6.45) is 1.48. The SMILES string of the molecule is CC[C@@H](Cc1ccccc1)n1c(SCC(=O)Nc2cc(C)[nH]n2)nc2ccccc2c1=O. The Kier molecular flexibility index (Phi) is 6.70. The van der Waals surface area contributed by atoms with E-state index in [0.717, 1.165) is 17.7 Å². The molecule has 2 aromatic heterocycles. The van der Waals surface area contributed by atoms with Gasteiger partial charge in [0.05, 0.1) is 16.7 Å². The van der Waals surface area contributed by atoms with Crippen LogP contribution in [0.3, 0.4) is 0 Å².